The van der Waals surface area contributed by atoms with Crippen LogP contribution in [0.3, 0.4) is 0 Å². The zero-order valence-corrected chi connectivity index (χ0v) is 11.3. The topological polar surface area (TPSA) is 54.7 Å². The van der Waals surface area contributed by atoms with Crippen LogP contribution in [0.1, 0.15) is 43.8 Å². The lowest BCUT2D eigenvalue weighted by Crippen LogP contribution is -2.21. The minimum absolute atomic E-state index is 0.0217. The van der Waals surface area contributed by atoms with E-state index in [2.05, 4.69) is 48.9 Å². The van der Waals surface area contributed by atoms with Crippen LogP contribution in [0.25, 0.3) is 0 Å². The average molecular weight is 243 g/mol. The van der Waals surface area contributed by atoms with Crippen LogP contribution in [-0.4, -0.2) is 9.97 Å². The largest absolute Gasteiger partial charge is 0.349 e. The van der Waals surface area contributed by atoms with E-state index in [-0.39, 0.29) is 11.5 Å². The van der Waals surface area contributed by atoms with E-state index >= 15 is 0 Å². The first-order chi connectivity index (χ1) is 8.48. The van der Waals surface area contributed by atoms with Crippen LogP contribution in [0, 0.1) is 0 Å². The lowest BCUT2D eigenvalue weighted by molar-refractivity contribution is 0.566. The van der Waals surface area contributed by atoms with E-state index < -0.39 is 0 Å². The highest BCUT2D eigenvalue weighted by Gasteiger charge is 2.21. The fourth-order valence-corrected chi connectivity index (χ4v) is 2.23. The first-order valence-electron chi connectivity index (χ1n) is 6.31. The van der Waals surface area contributed by atoms with Crippen molar-refractivity contribution in [3.63, 3.8) is 0 Å². The number of hydrogen-bond donors (Lipinski definition) is 2. The summed E-state index contributed by atoms with van der Waals surface area (Å²) in [6.07, 6.45) is 4.33. The van der Waals surface area contributed by atoms with Crippen molar-refractivity contribution in [3.05, 3.63) is 53.6 Å². The predicted octanol–water partition coefficient (Wildman–Crippen LogP) is 2.95. The fourth-order valence-electron chi connectivity index (χ4n) is 2.23. The van der Waals surface area contributed by atoms with E-state index in [1.165, 1.54) is 11.1 Å². The van der Waals surface area contributed by atoms with E-state index in [4.69, 9.17) is 5.73 Å². The Morgan fingerprint density at radius 1 is 1.28 bits per heavy atom. The van der Waals surface area contributed by atoms with Crippen molar-refractivity contribution in [2.75, 3.05) is 0 Å². The van der Waals surface area contributed by atoms with Crippen molar-refractivity contribution in [2.24, 2.45) is 5.73 Å². The van der Waals surface area contributed by atoms with E-state index in [1.54, 1.807) is 6.20 Å². The minimum Gasteiger partial charge on any atom is -0.349 e. The number of nitrogens with one attached hydrogen (secondary N) is 1. The molecule has 3 N–H and O–H groups in total. The lowest BCUT2D eigenvalue weighted by atomic mass is 9.81. The number of nitrogens with two attached hydrogens (primary N) is 1. The molecule has 1 heterocycles. The molecule has 0 saturated carbocycles. The molecule has 1 aromatic carbocycles. The second-order valence-corrected chi connectivity index (χ2v) is 5.68. The van der Waals surface area contributed by atoms with Crippen LogP contribution in [0.5, 0.6) is 0 Å². The van der Waals surface area contributed by atoms with Gasteiger partial charge in [0.05, 0.1) is 0 Å². The molecule has 2 aromatic rings. The Balaban J connectivity index is 2.27. The molecule has 1 unspecified atom stereocenters. The Morgan fingerprint density at radius 2 is 2.00 bits per heavy atom. The third-order valence-corrected chi connectivity index (χ3v) is 3.14. The van der Waals surface area contributed by atoms with Crippen LogP contribution in [-0.2, 0) is 11.8 Å². The molecule has 3 nitrogen and oxygen atoms in total. The number of rotatable bonds is 3. The Bertz CT molecular complexity index is 495. The molecule has 0 saturated heterocycles. The van der Waals surface area contributed by atoms with Gasteiger partial charge in [0, 0.05) is 24.9 Å². The van der Waals surface area contributed by atoms with Crippen molar-refractivity contribution < 1.29 is 0 Å². The Kier molecular flexibility index (Phi) is 3.53. The Labute approximate surface area is 108 Å². The number of aromatic amines is 1. The highest BCUT2D eigenvalue weighted by molar-refractivity contribution is 5.35. The summed E-state index contributed by atoms with van der Waals surface area (Å²) in [7, 11) is 0. The van der Waals surface area contributed by atoms with Crippen molar-refractivity contribution in [1.82, 2.24) is 9.97 Å². The average Bonchev–Trinajstić information content (AvgIpc) is 2.80. The van der Waals surface area contributed by atoms with Crippen LogP contribution in [0.15, 0.2) is 36.7 Å². The third-order valence-electron chi connectivity index (χ3n) is 3.14. The molecule has 0 radical (unpaired) electrons. The van der Waals surface area contributed by atoms with Gasteiger partial charge in [0.15, 0.2) is 0 Å². The SMILES string of the molecule is CC(C)(C)c1ccccc1C(N)Cc1ncc[nH]1. The predicted molar refractivity (Wildman–Crippen MR) is 74.4 cm³/mol. The van der Waals surface area contributed by atoms with Crippen molar-refractivity contribution in [2.45, 2.75) is 38.6 Å². The Morgan fingerprint density at radius 3 is 2.61 bits per heavy atom. The van der Waals surface area contributed by atoms with Gasteiger partial charge >= 0.3 is 0 Å². The smallest absolute Gasteiger partial charge is 0.107 e. The lowest BCUT2D eigenvalue weighted by Gasteiger charge is -2.25. The van der Waals surface area contributed by atoms with Gasteiger partial charge in [-0.25, -0.2) is 4.98 Å². The second kappa shape index (κ2) is 4.94. The summed E-state index contributed by atoms with van der Waals surface area (Å²) in [5, 5.41) is 0. The summed E-state index contributed by atoms with van der Waals surface area (Å²) in [6, 6.07) is 8.38. The molecule has 0 aliphatic rings. The molecule has 1 aromatic heterocycles. The number of H-pyrrole nitrogens is 1. The molecule has 3 heteroatoms. The van der Waals surface area contributed by atoms with E-state index in [0.29, 0.717) is 0 Å². The molecule has 0 aliphatic heterocycles. The van der Waals surface area contributed by atoms with Gasteiger partial charge in [-0.1, -0.05) is 45.0 Å². The number of benzene rings is 1. The van der Waals surface area contributed by atoms with Gasteiger partial charge in [0.2, 0.25) is 0 Å². The van der Waals surface area contributed by atoms with Gasteiger partial charge in [0.25, 0.3) is 0 Å². The molecular weight excluding hydrogens is 222 g/mol. The third kappa shape index (κ3) is 2.79. The minimum atomic E-state index is -0.0217. The monoisotopic (exact) mass is 243 g/mol. The van der Waals surface area contributed by atoms with Crippen LogP contribution < -0.4 is 5.73 Å². The molecular formula is C15H21N3. The van der Waals surface area contributed by atoms with Crippen molar-refractivity contribution in [1.29, 1.82) is 0 Å². The van der Waals surface area contributed by atoms with Crippen LogP contribution in [0.4, 0.5) is 0 Å². The summed E-state index contributed by atoms with van der Waals surface area (Å²) < 4.78 is 0. The summed E-state index contributed by atoms with van der Waals surface area (Å²) in [4.78, 5) is 7.34. The molecule has 1 atom stereocenters. The molecule has 18 heavy (non-hydrogen) atoms. The summed E-state index contributed by atoms with van der Waals surface area (Å²) in [5.41, 5.74) is 8.95. The highest BCUT2D eigenvalue weighted by atomic mass is 14.9. The standard InChI is InChI=1S/C15H21N3/c1-15(2,3)12-7-5-4-6-11(12)13(16)10-14-17-8-9-18-14/h4-9,13H,10,16H2,1-3H3,(H,17,18). The zero-order valence-electron chi connectivity index (χ0n) is 11.3. The number of aromatic nitrogens is 2. The second-order valence-electron chi connectivity index (χ2n) is 5.68. The number of imidazole rings is 1. The van der Waals surface area contributed by atoms with Gasteiger partial charge in [0.1, 0.15) is 5.82 Å². The van der Waals surface area contributed by atoms with Crippen molar-refractivity contribution >= 4 is 0 Å². The van der Waals surface area contributed by atoms with E-state index in [9.17, 15) is 0 Å². The molecule has 0 bridgehead atoms. The normalized spacial score (nSPS) is 13.6. The van der Waals surface area contributed by atoms with E-state index in [1.807, 2.05) is 12.3 Å². The Hall–Kier alpha value is -1.61. The number of nitrogens with zero attached hydrogens (tertiary/aromatic N) is 1. The maximum Gasteiger partial charge on any atom is 0.107 e. The summed E-state index contributed by atoms with van der Waals surface area (Å²) in [5.74, 6) is 0.936. The van der Waals surface area contributed by atoms with Gasteiger partial charge in [-0.15, -0.1) is 0 Å². The first-order valence-corrected chi connectivity index (χ1v) is 6.31. The van der Waals surface area contributed by atoms with Gasteiger partial charge in [-0.3, -0.25) is 0 Å². The summed E-state index contributed by atoms with van der Waals surface area (Å²) >= 11 is 0. The molecule has 0 aliphatic carbocycles. The maximum absolute atomic E-state index is 6.32. The fraction of sp³-hybridized carbons (Fsp3) is 0.400. The first kappa shape index (κ1) is 12.8. The quantitative estimate of drug-likeness (QED) is 0.870. The van der Waals surface area contributed by atoms with Gasteiger partial charge in [-0.05, 0) is 16.5 Å². The zero-order chi connectivity index (χ0) is 13.2. The highest BCUT2D eigenvalue weighted by Crippen LogP contribution is 2.29. The molecule has 0 fully saturated rings. The number of hydrogen-bond acceptors (Lipinski definition) is 2. The molecule has 96 valence electrons. The molecule has 2 rings (SSSR count). The molecule has 0 amide bonds. The van der Waals surface area contributed by atoms with Gasteiger partial charge in [-0.2, -0.15) is 0 Å². The van der Waals surface area contributed by atoms with Crippen molar-refractivity contribution in [3.8, 4) is 0 Å². The maximum atomic E-state index is 6.32. The van der Waals surface area contributed by atoms with Crippen LogP contribution in [0.2, 0.25) is 0 Å². The van der Waals surface area contributed by atoms with Gasteiger partial charge < -0.3 is 10.7 Å². The van der Waals surface area contributed by atoms with Crippen LogP contribution >= 0.6 is 0 Å². The molecule has 0 spiro atoms. The summed E-state index contributed by atoms with van der Waals surface area (Å²) in [6.45, 7) is 6.64. The van der Waals surface area contributed by atoms with E-state index in [0.717, 1.165) is 12.2 Å².